The molecule has 0 aromatic heterocycles. The van der Waals surface area contributed by atoms with Crippen LogP contribution < -0.4 is 16.3 Å². The lowest BCUT2D eigenvalue weighted by Crippen LogP contribution is -2.36. The summed E-state index contributed by atoms with van der Waals surface area (Å²) < 4.78 is 4.61. The molecule has 1 atom stereocenters. The quantitative estimate of drug-likeness (QED) is 0.492. The number of benzene rings is 1. The monoisotopic (exact) mass is 230 g/mol. The lowest BCUT2D eigenvalue weighted by molar-refractivity contribution is 0.0600. The molecule has 0 saturated carbocycles. The average Bonchev–Trinajstić information content (AvgIpc) is 2.36. The van der Waals surface area contributed by atoms with Crippen LogP contribution in [-0.2, 0) is 9.53 Å². The van der Waals surface area contributed by atoms with E-state index in [1.54, 1.807) is 30.2 Å². The predicted octanol–water partition coefficient (Wildman–Crippen LogP) is -1.07. The summed E-state index contributed by atoms with van der Waals surface area (Å²) in [6, 6.07) is 4.87. The van der Waals surface area contributed by atoms with Crippen molar-refractivity contribution in [2.24, 2.45) is 10.7 Å². The van der Waals surface area contributed by atoms with Gasteiger partial charge in [0.05, 0.1) is 23.6 Å². The number of carbonyl (C=O) groups is 1. The first-order valence-corrected chi connectivity index (χ1v) is 4.94. The molecule has 0 radical (unpaired) electrons. The Morgan fingerprint density at radius 3 is 2.94 bits per heavy atom. The number of fused-ring (bicyclic) bond motifs is 1. The zero-order valence-electron chi connectivity index (χ0n) is 9.14. The van der Waals surface area contributed by atoms with Crippen LogP contribution in [0.15, 0.2) is 28.8 Å². The predicted molar refractivity (Wildman–Crippen MR) is 60.2 cm³/mol. The van der Waals surface area contributed by atoms with Crippen molar-refractivity contribution in [3.63, 3.8) is 0 Å². The molecule has 0 bridgehead atoms. The van der Waals surface area contributed by atoms with E-state index in [1.165, 1.54) is 7.11 Å². The van der Waals surface area contributed by atoms with Gasteiger partial charge in [-0.3, -0.25) is 4.99 Å². The van der Waals surface area contributed by atoms with Gasteiger partial charge in [-0.1, -0.05) is 0 Å². The molecular formula is C12H10N2O3. The molecule has 0 amide bonds. The fraction of sp³-hybridized carbons (Fsp3) is 0.167. The molecule has 1 aromatic carbocycles. The normalized spacial score (nSPS) is 17.3. The van der Waals surface area contributed by atoms with Gasteiger partial charge in [0.1, 0.15) is 12.1 Å². The Kier molecular flexibility index (Phi) is 2.87. The molecule has 5 heteroatoms. The molecule has 2 N–H and O–H groups in total. The molecule has 86 valence electrons. The third kappa shape index (κ3) is 2.01. The second-order valence-corrected chi connectivity index (χ2v) is 3.54. The zero-order valence-corrected chi connectivity index (χ0v) is 9.14. The molecule has 0 saturated heterocycles. The fourth-order valence-electron chi connectivity index (χ4n) is 1.59. The van der Waals surface area contributed by atoms with Crippen LogP contribution in [-0.4, -0.2) is 25.2 Å². The van der Waals surface area contributed by atoms with E-state index in [-0.39, 0.29) is 5.57 Å². The van der Waals surface area contributed by atoms with Gasteiger partial charge < -0.3 is 10.5 Å². The number of ether oxygens (including phenoxy) is 1. The van der Waals surface area contributed by atoms with Gasteiger partial charge in [-0.25, -0.2) is 9.59 Å². The van der Waals surface area contributed by atoms with Crippen LogP contribution in [0, 0.1) is 0 Å². The topological polar surface area (TPSA) is 81.8 Å². The van der Waals surface area contributed by atoms with Crippen molar-refractivity contribution in [1.29, 1.82) is 0 Å². The fourth-order valence-corrected chi connectivity index (χ4v) is 1.59. The summed E-state index contributed by atoms with van der Waals surface area (Å²) in [5.74, 6) is 1.30. The largest absolute Gasteiger partial charge is 0.465 e. The molecule has 1 unspecified atom stereocenters. The van der Waals surface area contributed by atoms with Gasteiger partial charge in [0, 0.05) is 5.22 Å². The molecule has 5 nitrogen and oxygen atoms in total. The van der Waals surface area contributed by atoms with E-state index in [2.05, 4.69) is 9.73 Å². The number of nitrogens with two attached hydrogens (primary N) is 1. The van der Waals surface area contributed by atoms with Crippen LogP contribution in [0.4, 0.5) is 0 Å². The number of hydrogen-bond acceptors (Lipinski definition) is 5. The van der Waals surface area contributed by atoms with Crippen LogP contribution in [0.25, 0.3) is 6.08 Å². The first-order valence-electron chi connectivity index (χ1n) is 4.94. The maximum absolute atomic E-state index is 11.3. The Morgan fingerprint density at radius 1 is 1.53 bits per heavy atom. The molecular weight excluding hydrogens is 220 g/mol. The summed E-state index contributed by atoms with van der Waals surface area (Å²) in [5, 5.41) is 1.30. The lowest BCUT2D eigenvalue weighted by atomic mass is 10.1. The third-order valence-electron chi connectivity index (χ3n) is 2.47. The van der Waals surface area contributed by atoms with E-state index in [9.17, 15) is 9.59 Å². The summed E-state index contributed by atoms with van der Waals surface area (Å²) in [5.41, 5.74) is 6.30. The van der Waals surface area contributed by atoms with Crippen LogP contribution in [0.1, 0.15) is 10.4 Å². The molecule has 17 heavy (non-hydrogen) atoms. The Balaban J connectivity index is 2.65. The molecule has 2 rings (SSSR count). The lowest BCUT2D eigenvalue weighted by Gasteiger charge is -2.09. The van der Waals surface area contributed by atoms with E-state index in [0.717, 1.165) is 0 Å². The number of carbonyl (C=O) groups excluding carboxylic acids is 2. The molecule has 0 fully saturated rings. The maximum Gasteiger partial charge on any atom is 0.337 e. The summed E-state index contributed by atoms with van der Waals surface area (Å²) in [4.78, 5) is 26.1. The van der Waals surface area contributed by atoms with E-state index in [0.29, 0.717) is 16.1 Å². The SMILES string of the molecule is COC(=O)c1ccc2c(c1)=CC(=C=O)C(N)N=2. The van der Waals surface area contributed by atoms with Gasteiger partial charge in [-0.2, -0.15) is 0 Å². The smallest absolute Gasteiger partial charge is 0.337 e. The minimum Gasteiger partial charge on any atom is -0.465 e. The molecule has 0 spiro atoms. The summed E-state index contributed by atoms with van der Waals surface area (Å²) >= 11 is 0. The Hall–Kier alpha value is -2.23. The first-order chi connectivity index (χ1) is 8.15. The van der Waals surface area contributed by atoms with Gasteiger partial charge >= 0.3 is 5.97 Å². The minimum atomic E-state index is -0.691. The van der Waals surface area contributed by atoms with E-state index < -0.39 is 12.1 Å². The highest BCUT2D eigenvalue weighted by Crippen LogP contribution is 2.02. The van der Waals surface area contributed by atoms with Crippen molar-refractivity contribution in [2.45, 2.75) is 6.17 Å². The number of nitrogens with zero attached hydrogens (tertiary/aromatic N) is 1. The molecule has 1 heterocycles. The van der Waals surface area contributed by atoms with Crippen LogP contribution in [0.2, 0.25) is 0 Å². The van der Waals surface area contributed by atoms with Gasteiger partial charge in [0.2, 0.25) is 0 Å². The zero-order chi connectivity index (χ0) is 12.4. The average molecular weight is 230 g/mol. The summed E-state index contributed by atoms with van der Waals surface area (Å²) in [7, 11) is 1.31. The second kappa shape index (κ2) is 4.33. The summed E-state index contributed by atoms with van der Waals surface area (Å²) in [6.45, 7) is 0. The number of esters is 1. The van der Waals surface area contributed by atoms with Gasteiger partial charge in [-0.15, -0.1) is 0 Å². The van der Waals surface area contributed by atoms with E-state index in [4.69, 9.17) is 5.73 Å². The number of rotatable bonds is 1. The standard InChI is InChI=1S/C12H10N2O3/c1-17-12(16)7-2-3-10-8(4-7)5-9(6-15)11(13)14-10/h2-5,11H,13H2,1H3. The van der Waals surface area contributed by atoms with Crippen LogP contribution in [0.5, 0.6) is 0 Å². The molecule has 1 aliphatic heterocycles. The molecule has 0 aliphatic carbocycles. The van der Waals surface area contributed by atoms with Crippen LogP contribution >= 0.6 is 0 Å². The van der Waals surface area contributed by atoms with Crippen molar-refractivity contribution in [2.75, 3.05) is 7.11 Å². The highest BCUT2D eigenvalue weighted by atomic mass is 16.5. The van der Waals surface area contributed by atoms with Gasteiger partial charge in [0.15, 0.2) is 0 Å². The number of hydrogen-bond donors (Lipinski definition) is 1. The van der Waals surface area contributed by atoms with Crippen molar-refractivity contribution >= 4 is 18.0 Å². The Morgan fingerprint density at radius 2 is 2.29 bits per heavy atom. The van der Waals surface area contributed by atoms with Crippen molar-refractivity contribution in [3.05, 3.63) is 39.9 Å². The highest BCUT2D eigenvalue weighted by molar-refractivity contribution is 5.89. The maximum atomic E-state index is 11.3. The molecule has 1 aromatic rings. The Bertz CT molecular complexity index is 642. The van der Waals surface area contributed by atoms with Crippen molar-refractivity contribution in [3.8, 4) is 0 Å². The Labute approximate surface area is 96.9 Å². The van der Waals surface area contributed by atoms with Gasteiger partial charge in [-0.05, 0) is 24.3 Å². The van der Waals surface area contributed by atoms with E-state index >= 15 is 0 Å². The van der Waals surface area contributed by atoms with Gasteiger partial charge in [0.25, 0.3) is 0 Å². The summed E-state index contributed by atoms with van der Waals surface area (Å²) in [6.07, 6.45) is 0.885. The molecule has 1 aliphatic rings. The van der Waals surface area contributed by atoms with Crippen molar-refractivity contribution < 1.29 is 14.3 Å². The highest BCUT2D eigenvalue weighted by Gasteiger charge is 2.12. The van der Waals surface area contributed by atoms with Crippen LogP contribution in [0.3, 0.4) is 0 Å². The van der Waals surface area contributed by atoms with E-state index in [1.807, 2.05) is 0 Å². The van der Waals surface area contributed by atoms with Crippen molar-refractivity contribution in [1.82, 2.24) is 0 Å². The third-order valence-corrected chi connectivity index (χ3v) is 2.47. The minimum absolute atomic E-state index is 0.263. The number of methoxy groups -OCH3 is 1. The second-order valence-electron chi connectivity index (χ2n) is 3.54. The first kappa shape index (κ1) is 11.3.